The molecule has 156 valence electrons. The van der Waals surface area contributed by atoms with Crippen LogP contribution in [0.15, 0.2) is 47.4 Å². The van der Waals surface area contributed by atoms with Crippen LogP contribution >= 0.6 is 0 Å². The molecular formula is C21H21N3O5S. The number of sulfonamides is 1. The van der Waals surface area contributed by atoms with Crippen molar-refractivity contribution in [1.29, 1.82) is 5.26 Å². The summed E-state index contributed by atoms with van der Waals surface area (Å²) in [5.74, 6) is -1.94. The van der Waals surface area contributed by atoms with Gasteiger partial charge >= 0.3 is 5.97 Å². The predicted octanol–water partition coefficient (Wildman–Crippen LogP) is 3.07. The number of carboxylic acids is 1. The minimum absolute atomic E-state index is 0.0206. The first-order valence-corrected chi connectivity index (χ1v) is 11.0. The number of nitrogens with one attached hydrogen (secondary N) is 1. The molecule has 1 aliphatic rings. The van der Waals surface area contributed by atoms with Crippen molar-refractivity contribution in [2.75, 3.05) is 18.4 Å². The van der Waals surface area contributed by atoms with Crippen molar-refractivity contribution in [2.24, 2.45) is 0 Å². The molecule has 2 N–H and O–H groups in total. The summed E-state index contributed by atoms with van der Waals surface area (Å²) in [6.07, 6.45) is 3.59. The normalized spacial score (nSPS) is 15.0. The molecule has 2 aromatic carbocycles. The van der Waals surface area contributed by atoms with Crippen LogP contribution in [-0.4, -0.2) is 42.8 Å². The molecule has 1 saturated heterocycles. The highest BCUT2D eigenvalue weighted by Crippen LogP contribution is 2.23. The molecule has 8 nitrogen and oxygen atoms in total. The molecule has 1 aliphatic heterocycles. The lowest BCUT2D eigenvalue weighted by Gasteiger charge is -2.20. The van der Waals surface area contributed by atoms with Gasteiger partial charge in [0.05, 0.1) is 27.8 Å². The van der Waals surface area contributed by atoms with Crippen molar-refractivity contribution < 1.29 is 23.1 Å². The number of nitriles is 1. The van der Waals surface area contributed by atoms with Gasteiger partial charge in [-0.15, -0.1) is 0 Å². The zero-order valence-corrected chi connectivity index (χ0v) is 17.0. The van der Waals surface area contributed by atoms with Gasteiger partial charge < -0.3 is 10.4 Å². The first-order valence-electron chi connectivity index (χ1n) is 9.52. The van der Waals surface area contributed by atoms with Gasteiger partial charge in [0.1, 0.15) is 0 Å². The molecule has 30 heavy (non-hydrogen) atoms. The van der Waals surface area contributed by atoms with E-state index in [1.54, 1.807) is 0 Å². The van der Waals surface area contributed by atoms with Crippen molar-refractivity contribution in [1.82, 2.24) is 4.31 Å². The lowest BCUT2D eigenvalue weighted by molar-refractivity contribution is 0.0698. The lowest BCUT2D eigenvalue weighted by atomic mass is 10.1. The maximum absolute atomic E-state index is 13.0. The first-order chi connectivity index (χ1) is 14.3. The summed E-state index contributed by atoms with van der Waals surface area (Å²) in [7, 11) is -3.72. The number of hydrogen-bond donors (Lipinski definition) is 2. The standard InChI is InChI=1S/C21H21N3O5S/c22-14-15-8-9-19(18(12-15)21(26)27)23-20(25)16-6-5-7-17(13-16)30(28,29)24-10-3-1-2-4-11-24/h5-9,12-13H,1-4,10-11H2,(H,23,25)(H,26,27). The smallest absolute Gasteiger partial charge is 0.337 e. The largest absolute Gasteiger partial charge is 0.478 e. The average Bonchev–Trinajstić information content (AvgIpc) is 3.04. The van der Waals surface area contributed by atoms with Gasteiger partial charge in [-0.05, 0) is 49.2 Å². The Morgan fingerprint density at radius 3 is 2.37 bits per heavy atom. The number of rotatable bonds is 5. The molecule has 0 unspecified atom stereocenters. The van der Waals surface area contributed by atoms with Crippen LogP contribution in [0.4, 0.5) is 5.69 Å². The average molecular weight is 427 g/mol. The molecule has 0 atom stereocenters. The quantitative estimate of drug-likeness (QED) is 0.755. The zero-order chi connectivity index (χ0) is 21.7. The van der Waals surface area contributed by atoms with Gasteiger partial charge in [0.2, 0.25) is 10.0 Å². The Labute approximate surface area is 174 Å². The highest BCUT2D eigenvalue weighted by atomic mass is 32.2. The molecule has 1 fully saturated rings. The number of hydrogen-bond acceptors (Lipinski definition) is 5. The minimum atomic E-state index is -3.72. The van der Waals surface area contributed by atoms with Crippen molar-refractivity contribution >= 4 is 27.6 Å². The van der Waals surface area contributed by atoms with Crippen molar-refractivity contribution in [3.63, 3.8) is 0 Å². The van der Waals surface area contributed by atoms with Crippen LogP contribution in [0.5, 0.6) is 0 Å². The predicted molar refractivity (Wildman–Crippen MR) is 110 cm³/mol. The van der Waals surface area contributed by atoms with Crippen LogP contribution in [0.2, 0.25) is 0 Å². The van der Waals surface area contributed by atoms with Gasteiger partial charge in [0.15, 0.2) is 0 Å². The van der Waals surface area contributed by atoms with Gasteiger partial charge in [0, 0.05) is 18.7 Å². The van der Waals surface area contributed by atoms with Crippen LogP contribution in [0.3, 0.4) is 0 Å². The van der Waals surface area contributed by atoms with Crippen LogP contribution in [0, 0.1) is 11.3 Å². The Kier molecular flexibility index (Phi) is 6.50. The molecular weight excluding hydrogens is 406 g/mol. The molecule has 0 aliphatic carbocycles. The Balaban J connectivity index is 1.87. The van der Waals surface area contributed by atoms with E-state index in [1.165, 1.54) is 40.7 Å². The summed E-state index contributed by atoms with van der Waals surface area (Å²) in [5.41, 5.74) is 0.0329. The van der Waals surface area contributed by atoms with Crippen LogP contribution in [0.1, 0.15) is 52.0 Å². The molecule has 0 bridgehead atoms. The van der Waals surface area contributed by atoms with E-state index in [4.69, 9.17) is 5.26 Å². The van der Waals surface area contributed by atoms with Crippen LogP contribution in [-0.2, 0) is 10.0 Å². The van der Waals surface area contributed by atoms with E-state index in [1.807, 2.05) is 6.07 Å². The molecule has 1 heterocycles. The highest BCUT2D eigenvalue weighted by molar-refractivity contribution is 7.89. The summed E-state index contributed by atoms with van der Waals surface area (Å²) in [5, 5.41) is 20.8. The second-order valence-corrected chi connectivity index (χ2v) is 8.92. The fourth-order valence-electron chi connectivity index (χ4n) is 3.32. The third-order valence-corrected chi connectivity index (χ3v) is 6.82. The van der Waals surface area contributed by atoms with Gasteiger partial charge in [0.25, 0.3) is 5.91 Å². The van der Waals surface area contributed by atoms with Crippen LogP contribution in [0.25, 0.3) is 0 Å². The van der Waals surface area contributed by atoms with Crippen molar-refractivity contribution in [3.8, 4) is 6.07 Å². The van der Waals surface area contributed by atoms with Gasteiger partial charge in [-0.2, -0.15) is 9.57 Å². The number of benzene rings is 2. The fourth-order valence-corrected chi connectivity index (χ4v) is 4.89. The highest BCUT2D eigenvalue weighted by Gasteiger charge is 2.26. The Bertz CT molecular complexity index is 1110. The van der Waals surface area contributed by atoms with E-state index in [0.29, 0.717) is 13.1 Å². The molecule has 0 spiro atoms. The lowest BCUT2D eigenvalue weighted by Crippen LogP contribution is -2.32. The number of anilines is 1. The summed E-state index contributed by atoms with van der Waals surface area (Å²) in [6.45, 7) is 0.901. The van der Waals surface area contributed by atoms with E-state index in [0.717, 1.165) is 31.7 Å². The third kappa shape index (κ3) is 4.67. The number of carboxylic acid groups (broad SMARTS) is 1. The van der Waals surface area contributed by atoms with Crippen molar-refractivity contribution in [2.45, 2.75) is 30.6 Å². The molecule has 9 heteroatoms. The Morgan fingerprint density at radius 2 is 1.73 bits per heavy atom. The monoisotopic (exact) mass is 427 g/mol. The van der Waals surface area contributed by atoms with Gasteiger partial charge in [-0.25, -0.2) is 13.2 Å². The summed E-state index contributed by atoms with van der Waals surface area (Å²) >= 11 is 0. The molecule has 0 radical (unpaired) electrons. The second kappa shape index (κ2) is 9.07. The number of carbonyl (C=O) groups is 2. The van der Waals surface area contributed by atoms with E-state index < -0.39 is 21.9 Å². The molecule has 0 saturated carbocycles. The summed E-state index contributed by atoms with van der Waals surface area (Å²) in [4.78, 5) is 24.2. The van der Waals surface area contributed by atoms with Gasteiger partial charge in [-0.1, -0.05) is 18.9 Å². The molecule has 3 rings (SSSR count). The number of aromatic carboxylic acids is 1. The molecule has 0 aromatic heterocycles. The first kappa shape index (κ1) is 21.5. The van der Waals surface area contributed by atoms with Gasteiger partial charge in [-0.3, -0.25) is 4.79 Å². The number of amides is 1. The Hall–Kier alpha value is -3.22. The maximum atomic E-state index is 13.0. The summed E-state index contributed by atoms with van der Waals surface area (Å²) in [6, 6.07) is 11.4. The van der Waals surface area contributed by atoms with Crippen molar-refractivity contribution in [3.05, 3.63) is 59.2 Å². The third-order valence-electron chi connectivity index (χ3n) is 4.93. The topological polar surface area (TPSA) is 128 Å². The fraction of sp³-hybridized carbons (Fsp3) is 0.286. The maximum Gasteiger partial charge on any atom is 0.337 e. The SMILES string of the molecule is N#Cc1ccc(NC(=O)c2cccc(S(=O)(=O)N3CCCCCC3)c2)c(C(=O)O)c1. The van der Waals surface area contributed by atoms with Crippen LogP contribution < -0.4 is 5.32 Å². The van der Waals surface area contributed by atoms with E-state index in [2.05, 4.69) is 5.32 Å². The van der Waals surface area contributed by atoms with E-state index >= 15 is 0 Å². The van der Waals surface area contributed by atoms with E-state index in [-0.39, 0.29) is 27.3 Å². The number of carbonyl (C=O) groups excluding carboxylic acids is 1. The number of nitrogens with zero attached hydrogens (tertiary/aromatic N) is 2. The molecule has 2 aromatic rings. The molecule has 1 amide bonds. The van der Waals surface area contributed by atoms with E-state index in [9.17, 15) is 23.1 Å². The minimum Gasteiger partial charge on any atom is -0.478 e. The summed E-state index contributed by atoms with van der Waals surface area (Å²) < 4.78 is 27.4. The second-order valence-electron chi connectivity index (χ2n) is 6.98. The zero-order valence-electron chi connectivity index (χ0n) is 16.2. The Morgan fingerprint density at radius 1 is 1.03 bits per heavy atom.